The van der Waals surface area contributed by atoms with Crippen LogP contribution in [0.5, 0.6) is 0 Å². The van der Waals surface area contributed by atoms with Gasteiger partial charge in [0, 0.05) is 31.4 Å². The molecule has 0 saturated carbocycles. The maximum absolute atomic E-state index is 5.96. The van der Waals surface area contributed by atoms with E-state index in [2.05, 4.69) is 9.97 Å². The van der Waals surface area contributed by atoms with Crippen LogP contribution in [-0.2, 0) is 13.1 Å². The van der Waals surface area contributed by atoms with Crippen LogP contribution in [0, 0.1) is 0 Å². The zero-order chi connectivity index (χ0) is 13.0. The number of nitrogens with zero attached hydrogens (tertiary/aromatic N) is 3. The van der Waals surface area contributed by atoms with Crippen LogP contribution in [0.2, 0.25) is 5.02 Å². The van der Waals surface area contributed by atoms with E-state index in [9.17, 15) is 0 Å². The molecule has 0 aliphatic rings. The van der Waals surface area contributed by atoms with Crippen LogP contribution in [0.15, 0.2) is 36.7 Å². The minimum Gasteiger partial charge on any atom is -0.354 e. The maximum Gasteiger partial charge on any atom is 0.147 e. The van der Waals surface area contributed by atoms with Crippen molar-refractivity contribution < 1.29 is 0 Å². The smallest absolute Gasteiger partial charge is 0.147 e. The summed E-state index contributed by atoms with van der Waals surface area (Å²) in [6, 6.07) is 7.77. The van der Waals surface area contributed by atoms with Gasteiger partial charge in [-0.3, -0.25) is 4.98 Å². The predicted molar refractivity (Wildman–Crippen MR) is 73.5 cm³/mol. The van der Waals surface area contributed by atoms with Gasteiger partial charge in [-0.1, -0.05) is 23.7 Å². The highest BCUT2D eigenvalue weighted by Gasteiger charge is 2.05. The Morgan fingerprint density at radius 2 is 2.17 bits per heavy atom. The van der Waals surface area contributed by atoms with E-state index in [0.717, 1.165) is 28.6 Å². The monoisotopic (exact) mass is 262 g/mol. The lowest BCUT2D eigenvalue weighted by atomic mass is 10.2. The Kier molecular flexibility index (Phi) is 4.12. The fourth-order valence-corrected chi connectivity index (χ4v) is 1.88. The third-order valence-corrected chi connectivity index (χ3v) is 2.82. The molecule has 0 atom stereocenters. The number of anilines is 1. The summed E-state index contributed by atoms with van der Waals surface area (Å²) >= 11 is 5.96. The Morgan fingerprint density at radius 3 is 2.89 bits per heavy atom. The molecular weight excluding hydrogens is 248 g/mol. The summed E-state index contributed by atoms with van der Waals surface area (Å²) in [5.41, 5.74) is 7.47. The molecule has 0 saturated heterocycles. The zero-order valence-electron chi connectivity index (χ0n) is 10.2. The van der Waals surface area contributed by atoms with Crippen LogP contribution in [0.4, 0.5) is 5.82 Å². The fraction of sp³-hybridized carbons (Fsp3) is 0.231. The van der Waals surface area contributed by atoms with Gasteiger partial charge in [0.15, 0.2) is 0 Å². The lowest BCUT2D eigenvalue weighted by Gasteiger charge is -2.18. The van der Waals surface area contributed by atoms with Gasteiger partial charge in [-0.15, -0.1) is 0 Å². The topological polar surface area (TPSA) is 55.0 Å². The summed E-state index contributed by atoms with van der Waals surface area (Å²) in [4.78, 5) is 10.6. The molecule has 4 nitrogen and oxygen atoms in total. The van der Waals surface area contributed by atoms with Crippen LogP contribution in [0.1, 0.15) is 11.3 Å². The van der Waals surface area contributed by atoms with Gasteiger partial charge in [-0.2, -0.15) is 0 Å². The minimum atomic E-state index is 0.395. The molecule has 18 heavy (non-hydrogen) atoms. The van der Waals surface area contributed by atoms with E-state index in [1.165, 1.54) is 0 Å². The Morgan fingerprint density at radius 1 is 1.33 bits per heavy atom. The summed E-state index contributed by atoms with van der Waals surface area (Å²) in [5, 5.41) is 0.739. The van der Waals surface area contributed by atoms with Gasteiger partial charge < -0.3 is 10.6 Å². The second-order valence-electron chi connectivity index (χ2n) is 4.06. The number of aromatic nitrogens is 2. The van der Waals surface area contributed by atoms with Crippen LogP contribution in [0.3, 0.4) is 0 Å². The van der Waals surface area contributed by atoms with E-state index in [1.807, 2.05) is 36.2 Å². The molecule has 0 bridgehead atoms. The van der Waals surface area contributed by atoms with E-state index >= 15 is 0 Å². The average Bonchev–Trinajstić information content (AvgIpc) is 2.39. The molecule has 0 fully saturated rings. The molecule has 2 rings (SSSR count). The second kappa shape index (κ2) is 5.80. The number of benzene rings is 1. The van der Waals surface area contributed by atoms with Crippen molar-refractivity contribution in [2.24, 2.45) is 5.73 Å². The number of halogens is 1. The van der Waals surface area contributed by atoms with Crippen molar-refractivity contribution >= 4 is 17.4 Å². The molecular formula is C13H15ClN4. The lowest BCUT2D eigenvalue weighted by Crippen LogP contribution is -2.18. The van der Waals surface area contributed by atoms with Gasteiger partial charge in [0.2, 0.25) is 0 Å². The van der Waals surface area contributed by atoms with Gasteiger partial charge >= 0.3 is 0 Å². The average molecular weight is 263 g/mol. The highest BCUT2D eigenvalue weighted by molar-refractivity contribution is 6.30. The number of hydrogen-bond acceptors (Lipinski definition) is 4. The summed E-state index contributed by atoms with van der Waals surface area (Å²) in [7, 11) is 1.96. The standard InChI is InChI=1S/C13H15ClN4/c1-18(9-10-3-2-4-11(14)5-10)13-8-16-7-12(6-15)17-13/h2-5,7-8H,6,9,15H2,1H3. The Bertz CT molecular complexity index is 530. The molecule has 0 aliphatic carbocycles. The molecule has 2 aromatic rings. The highest BCUT2D eigenvalue weighted by atomic mass is 35.5. The van der Waals surface area contributed by atoms with Crippen molar-refractivity contribution in [2.75, 3.05) is 11.9 Å². The molecule has 5 heteroatoms. The first-order valence-electron chi connectivity index (χ1n) is 5.65. The van der Waals surface area contributed by atoms with Crippen molar-refractivity contribution in [3.8, 4) is 0 Å². The Hall–Kier alpha value is -1.65. The summed E-state index contributed by atoms with van der Waals surface area (Å²) in [6.07, 6.45) is 3.40. The molecule has 1 aromatic heterocycles. The van der Waals surface area contributed by atoms with Gasteiger partial charge in [0.1, 0.15) is 5.82 Å². The Labute approximate surface area is 111 Å². The summed E-state index contributed by atoms with van der Waals surface area (Å²) < 4.78 is 0. The third kappa shape index (κ3) is 3.18. The van der Waals surface area contributed by atoms with Crippen molar-refractivity contribution in [1.29, 1.82) is 0 Å². The highest BCUT2D eigenvalue weighted by Crippen LogP contribution is 2.15. The molecule has 0 radical (unpaired) electrons. The minimum absolute atomic E-state index is 0.395. The number of hydrogen-bond donors (Lipinski definition) is 1. The molecule has 0 spiro atoms. The van der Waals surface area contributed by atoms with E-state index in [0.29, 0.717) is 6.54 Å². The first kappa shape index (κ1) is 12.8. The number of rotatable bonds is 4. The normalized spacial score (nSPS) is 10.4. The van der Waals surface area contributed by atoms with Gasteiger partial charge in [0.05, 0.1) is 11.9 Å². The second-order valence-corrected chi connectivity index (χ2v) is 4.50. The summed E-state index contributed by atoms with van der Waals surface area (Å²) in [5.74, 6) is 0.804. The quantitative estimate of drug-likeness (QED) is 0.918. The first-order valence-corrected chi connectivity index (χ1v) is 6.03. The van der Waals surface area contributed by atoms with Crippen molar-refractivity contribution in [3.63, 3.8) is 0 Å². The van der Waals surface area contributed by atoms with E-state index in [4.69, 9.17) is 17.3 Å². The molecule has 2 N–H and O–H groups in total. The van der Waals surface area contributed by atoms with E-state index in [-0.39, 0.29) is 0 Å². The largest absolute Gasteiger partial charge is 0.354 e. The van der Waals surface area contributed by atoms with E-state index < -0.39 is 0 Å². The third-order valence-electron chi connectivity index (χ3n) is 2.58. The van der Waals surface area contributed by atoms with Crippen molar-refractivity contribution in [1.82, 2.24) is 9.97 Å². The molecule has 1 heterocycles. The maximum atomic E-state index is 5.96. The van der Waals surface area contributed by atoms with Crippen molar-refractivity contribution in [3.05, 3.63) is 52.9 Å². The van der Waals surface area contributed by atoms with Crippen LogP contribution >= 0.6 is 11.6 Å². The molecule has 0 aliphatic heterocycles. The first-order chi connectivity index (χ1) is 8.69. The van der Waals surface area contributed by atoms with Crippen LogP contribution < -0.4 is 10.6 Å². The molecule has 0 amide bonds. The lowest BCUT2D eigenvalue weighted by molar-refractivity contribution is 0.865. The van der Waals surface area contributed by atoms with Crippen LogP contribution in [0.25, 0.3) is 0 Å². The molecule has 94 valence electrons. The van der Waals surface area contributed by atoms with Gasteiger partial charge in [0.25, 0.3) is 0 Å². The molecule has 1 aromatic carbocycles. The fourth-order valence-electron chi connectivity index (χ4n) is 1.67. The van der Waals surface area contributed by atoms with E-state index in [1.54, 1.807) is 12.4 Å². The van der Waals surface area contributed by atoms with Crippen LogP contribution in [-0.4, -0.2) is 17.0 Å². The zero-order valence-corrected chi connectivity index (χ0v) is 10.9. The van der Waals surface area contributed by atoms with Gasteiger partial charge in [-0.05, 0) is 17.7 Å². The molecule has 0 unspecified atom stereocenters. The summed E-state index contributed by atoms with van der Waals surface area (Å²) in [6.45, 7) is 1.12. The Balaban J connectivity index is 2.13. The predicted octanol–water partition coefficient (Wildman–Crippen LogP) is 2.23. The number of nitrogens with two attached hydrogens (primary N) is 1. The van der Waals surface area contributed by atoms with Crippen molar-refractivity contribution in [2.45, 2.75) is 13.1 Å². The van der Waals surface area contributed by atoms with Gasteiger partial charge in [-0.25, -0.2) is 4.98 Å². The SMILES string of the molecule is CN(Cc1cccc(Cl)c1)c1cncc(CN)n1.